The molecule has 0 atom stereocenters. The molecule has 7 heteroatoms. The van der Waals surface area contributed by atoms with Crippen molar-refractivity contribution >= 4 is 27.4 Å². The van der Waals surface area contributed by atoms with Gasteiger partial charge in [-0.2, -0.15) is 0 Å². The second kappa shape index (κ2) is 5.48. The molecule has 2 aromatic rings. The molecule has 3 nitrogen and oxygen atoms in total. The summed E-state index contributed by atoms with van der Waals surface area (Å²) in [5.41, 5.74) is 0.605. The van der Waals surface area contributed by atoms with Gasteiger partial charge < -0.3 is 10.1 Å². The Kier molecular flexibility index (Phi) is 3.94. The van der Waals surface area contributed by atoms with Gasteiger partial charge in [0, 0.05) is 11.9 Å². The molecule has 0 amide bonds. The normalized spacial score (nSPS) is 11.2. The van der Waals surface area contributed by atoms with Crippen molar-refractivity contribution in [2.45, 2.75) is 6.36 Å². The molecule has 100 valence electrons. The number of alkyl halides is 3. The van der Waals surface area contributed by atoms with Gasteiger partial charge in [-0.3, -0.25) is 0 Å². The first-order valence-electron chi connectivity index (χ1n) is 5.17. The number of aromatic nitrogens is 1. The zero-order valence-electron chi connectivity index (χ0n) is 9.41. The molecule has 0 saturated carbocycles. The Labute approximate surface area is 115 Å². The van der Waals surface area contributed by atoms with Crippen molar-refractivity contribution in [1.82, 2.24) is 4.98 Å². The van der Waals surface area contributed by atoms with Crippen LogP contribution >= 0.6 is 15.9 Å². The van der Waals surface area contributed by atoms with Gasteiger partial charge in [0.15, 0.2) is 0 Å². The average molecular weight is 333 g/mol. The monoisotopic (exact) mass is 332 g/mol. The van der Waals surface area contributed by atoms with Gasteiger partial charge in [-0.05, 0) is 52.3 Å². The fourth-order valence-corrected chi connectivity index (χ4v) is 1.71. The lowest BCUT2D eigenvalue weighted by molar-refractivity contribution is -0.274. The van der Waals surface area contributed by atoms with Gasteiger partial charge in [-0.1, -0.05) is 0 Å². The number of halogens is 4. The zero-order chi connectivity index (χ0) is 13.9. The Balaban J connectivity index is 2.09. The van der Waals surface area contributed by atoms with Crippen LogP contribution in [0.1, 0.15) is 0 Å². The summed E-state index contributed by atoms with van der Waals surface area (Å²) in [4.78, 5) is 4.09. The number of hydrogen-bond acceptors (Lipinski definition) is 3. The van der Waals surface area contributed by atoms with Crippen LogP contribution in [-0.4, -0.2) is 11.3 Å². The van der Waals surface area contributed by atoms with Crippen LogP contribution in [0, 0.1) is 0 Å². The van der Waals surface area contributed by atoms with E-state index < -0.39 is 6.36 Å². The molecular formula is C12H8BrF3N2O. The molecule has 0 bridgehead atoms. The first-order valence-corrected chi connectivity index (χ1v) is 5.97. The van der Waals surface area contributed by atoms with Gasteiger partial charge in [0.25, 0.3) is 0 Å². The number of pyridine rings is 1. The smallest absolute Gasteiger partial charge is 0.406 e. The van der Waals surface area contributed by atoms with Crippen molar-refractivity contribution in [3.63, 3.8) is 0 Å². The SMILES string of the molecule is FC(F)(F)Oc1ccc(Nc2ncccc2Br)cc1. The van der Waals surface area contributed by atoms with Crippen molar-refractivity contribution in [3.05, 3.63) is 47.1 Å². The predicted molar refractivity (Wildman–Crippen MR) is 68.3 cm³/mol. The molecule has 0 aliphatic carbocycles. The van der Waals surface area contributed by atoms with Crippen LogP contribution in [0.4, 0.5) is 24.7 Å². The molecule has 0 aliphatic heterocycles. The Morgan fingerprint density at radius 3 is 2.37 bits per heavy atom. The molecule has 1 N–H and O–H groups in total. The number of rotatable bonds is 3. The van der Waals surface area contributed by atoms with E-state index in [-0.39, 0.29) is 5.75 Å². The third-order valence-electron chi connectivity index (χ3n) is 2.11. The first kappa shape index (κ1) is 13.7. The minimum Gasteiger partial charge on any atom is -0.406 e. The van der Waals surface area contributed by atoms with Crippen LogP contribution in [0.5, 0.6) is 5.75 Å². The lowest BCUT2D eigenvalue weighted by Crippen LogP contribution is -2.16. The van der Waals surface area contributed by atoms with Crippen LogP contribution in [0.25, 0.3) is 0 Å². The van der Waals surface area contributed by atoms with E-state index in [2.05, 4.69) is 31.0 Å². The summed E-state index contributed by atoms with van der Waals surface area (Å²) < 4.78 is 40.5. The number of benzene rings is 1. The van der Waals surface area contributed by atoms with Gasteiger partial charge in [0.2, 0.25) is 0 Å². The van der Waals surface area contributed by atoms with Crippen LogP contribution in [-0.2, 0) is 0 Å². The summed E-state index contributed by atoms with van der Waals surface area (Å²) in [7, 11) is 0. The van der Waals surface area contributed by atoms with Crippen molar-refractivity contribution < 1.29 is 17.9 Å². The minimum absolute atomic E-state index is 0.266. The molecule has 1 aromatic carbocycles. The summed E-state index contributed by atoms with van der Waals surface area (Å²) >= 11 is 3.31. The maximum atomic E-state index is 12.0. The summed E-state index contributed by atoms with van der Waals surface area (Å²) in [5, 5.41) is 2.97. The second-order valence-corrected chi connectivity index (χ2v) is 4.39. The van der Waals surface area contributed by atoms with E-state index in [1.807, 2.05) is 0 Å². The molecule has 0 fully saturated rings. The highest BCUT2D eigenvalue weighted by molar-refractivity contribution is 9.10. The fraction of sp³-hybridized carbons (Fsp3) is 0.0833. The molecule has 0 saturated heterocycles. The van der Waals surface area contributed by atoms with Crippen molar-refractivity contribution in [2.24, 2.45) is 0 Å². The summed E-state index contributed by atoms with van der Waals surface area (Å²) in [6.45, 7) is 0. The summed E-state index contributed by atoms with van der Waals surface area (Å²) in [5.74, 6) is 0.310. The zero-order valence-corrected chi connectivity index (χ0v) is 11.0. The topological polar surface area (TPSA) is 34.1 Å². The molecule has 0 spiro atoms. The van der Waals surface area contributed by atoms with Crippen molar-refractivity contribution in [2.75, 3.05) is 5.32 Å². The van der Waals surface area contributed by atoms with Crippen LogP contribution < -0.4 is 10.1 Å². The molecule has 1 aromatic heterocycles. The highest BCUT2D eigenvalue weighted by atomic mass is 79.9. The molecule has 0 aliphatic rings. The number of hydrogen-bond donors (Lipinski definition) is 1. The summed E-state index contributed by atoms with van der Waals surface area (Å²) in [6, 6.07) is 8.97. The van der Waals surface area contributed by atoms with Gasteiger partial charge in [-0.15, -0.1) is 13.2 Å². The van der Waals surface area contributed by atoms with E-state index in [0.717, 1.165) is 4.47 Å². The maximum absolute atomic E-state index is 12.0. The molecular weight excluding hydrogens is 325 g/mol. The molecule has 19 heavy (non-hydrogen) atoms. The Bertz CT molecular complexity index is 558. The standard InChI is InChI=1S/C12H8BrF3N2O/c13-10-2-1-7-17-11(10)18-8-3-5-9(6-4-8)19-12(14,15)16/h1-7H,(H,17,18). The number of ether oxygens (including phenoxy) is 1. The number of nitrogens with one attached hydrogen (secondary N) is 1. The van der Waals surface area contributed by atoms with Crippen molar-refractivity contribution in [3.8, 4) is 5.75 Å². The van der Waals surface area contributed by atoms with Gasteiger partial charge >= 0.3 is 6.36 Å². The predicted octanol–water partition coefficient (Wildman–Crippen LogP) is 4.49. The largest absolute Gasteiger partial charge is 0.573 e. The molecule has 0 radical (unpaired) electrons. The van der Waals surface area contributed by atoms with E-state index in [4.69, 9.17) is 0 Å². The second-order valence-electron chi connectivity index (χ2n) is 3.53. The van der Waals surface area contributed by atoms with E-state index >= 15 is 0 Å². The Morgan fingerprint density at radius 2 is 1.79 bits per heavy atom. The maximum Gasteiger partial charge on any atom is 0.573 e. The third kappa shape index (κ3) is 4.13. The van der Waals surface area contributed by atoms with E-state index in [1.165, 1.54) is 24.3 Å². The minimum atomic E-state index is -4.68. The highest BCUT2D eigenvalue weighted by Crippen LogP contribution is 2.26. The first-order chi connectivity index (χ1) is 8.94. The quantitative estimate of drug-likeness (QED) is 0.899. The lowest BCUT2D eigenvalue weighted by atomic mass is 10.3. The van der Waals surface area contributed by atoms with E-state index in [1.54, 1.807) is 18.3 Å². The van der Waals surface area contributed by atoms with Crippen LogP contribution in [0.15, 0.2) is 47.1 Å². The van der Waals surface area contributed by atoms with Crippen LogP contribution in [0.2, 0.25) is 0 Å². The third-order valence-corrected chi connectivity index (χ3v) is 2.75. The molecule has 0 unspecified atom stereocenters. The average Bonchev–Trinajstić information content (AvgIpc) is 2.33. The van der Waals surface area contributed by atoms with E-state index in [0.29, 0.717) is 11.5 Å². The van der Waals surface area contributed by atoms with Gasteiger partial charge in [0.05, 0.1) is 4.47 Å². The molecule has 1 heterocycles. The Hall–Kier alpha value is -1.76. The number of nitrogens with zero attached hydrogens (tertiary/aromatic N) is 1. The number of anilines is 2. The Morgan fingerprint density at radius 1 is 1.11 bits per heavy atom. The fourth-order valence-electron chi connectivity index (χ4n) is 1.35. The highest BCUT2D eigenvalue weighted by Gasteiger charge is 2.30. The lowest BCUT2D eigenvalue weighted by Gasteiger charge is -2.10. The van der Waals surface area contributed by atoms with E-state index in [9.17, 15) is 13.2 Å². The summed E-state index contributed by atoms with van der Waals surface area (Å²) in [6.07, 6.45) is -3.08. The van der Waals surface area contributed by atoms with Gasteiger partial charge in [-0.25, -0.2) is 4.98 Å². The molecule has 2 rings (SSSR count). The van der Waals surface area contributed by atoms with Crippen LogP contribution in [0.3, 0.4) is 0 Å². The van der Waals surface area contributed by atoms with Gasteiger partial charge in [0.1, 0.15) is 11.6 Å². The van der Waals surface area contributed by atoms with Crippen molar-refractivity contribution in [1.29, 1.82) is 0 Å².